The van der Waals surface area contributed by atoms with Gasteiger partial charge < -0.3 is 10.2 Å². The molecule has 4 aromatic carbocycles. The smallest absolute Gasteiger partial charge is 0.264 e. The lowest BCUT2D eigenvalue weighted by Crippen LogP contribution is -2.55. The number of hydrogen-bond acceptors (Lipinski definition) is 4. The van der Waals surface area contributed by atoms with Crippen LogP contribution in [0.3, 0.4) is 0 Å². The van der Waals surface area contributed by atoms with Crippen molar-refractivity contribution in [1.82, 2.24) is 10.2 Å². The summed E-state index contributed by atoms with van der Waals surface area (Å²) in [6.45, 7) is -0.682. The summed E-state index contributed by atoms with van der Waals surface area (Å²) in [4.78, 5) is 30.3. The third-order valence-electron chi connectivity index (χ3n) is 8.30. The molecule has 1 fully saturated rings. The van der Waals surface area contributed by atoms with Crippen molar-refractivity contribution in [1.29, 1.82) is 0 Å². The molecule has 48 heavy (non-hydrogen) atoms. The van der Waals surface area contributed by atoms with Gasteiger partial charge in [-0.25, -0.2) is 8.42 Å². The summed E-state index contributed by atoms with van der Waals surface area (Å²) in [5.74, 6) is -0.932. The molecule has 1 atom stereocenters. The van der Waals surface area contributed by atoms with E-state index in [9.17, 15) is 18.0 Å². The minimum absolute atomic E-state index is 0.0185. The largest absolute Gasteiger partial charge is 0.352 e. The summed E-state index contributed by atoms with van der Waals surface area (Å²) in [6.07, 6.45) is 5.03. The number of amides is 2. The zero-order valence-electron chi connectivity index (χ0n) is 26.0. The molecule has 0 spiro atoms. The Kier molecular flexibility index (Phi) is 12.3. The van der Waals surface area contributed by atoms with Crippen LogP contribution in [-0.2, 0) is 32.6 Å². The zero-order chi connectivity index (χ0) is 34.3. The highest BCUT2D eigenvalue weighted by Gasteiger charge is 2.35. The second-order valence-electron chi connectivity index (χ2n) is 11.8. The van der Waals surface area contributed by atoms with E-state index in [2.05, 4.69) is 5.32 Å². The number of nitrogens with zero attached hydrogens (tertiary/aromatic N) is 2. The summed E-state index contributed by atoms with van der Waals surface area (Å²) >= 11 is 25.2. The molecule has 7 nitrogen and oxygen atoms in total. The van der Waals surface area contributed by atoms with Gasteiger partial charge in [-0.2, -0.15) is 0 Å². The number of nitrogens with one attached hydrogen (secondary N) is 1. The number of hydrogen-bond donors (Lipinski definition) is 1. The molecule has 4 aromatic rings. The Hall–Kier alpha value is -3.27. The molecule has 0 bridgehead atoms. The number of rotatable bonds is 12. The topological polar surface area (TPSA) is 86.8 Å². The van der Waals surface area contributed by atoms with Gasteiger partial charge in [0.05, 0.1) is 20.6 Å². The van der Waals surface area contributed by atoms with Crippen molar-refractivity contribution < 1.29 is 18.0 Å². The summed E-state index contributed by atoms with van der Waals surface area (Å²) in [5.41, 5.74) is 1.55. The molecule has 1 unspecified atom stereocenters. The van der Waals surface area contributed by atoms with Crippen molar-refractivity contribution in [2.24, 2.45) is 0 Å². The van der Waals surface area contributed by atoms with Gasteiger partial charge in [-0.05, 0) is 66.4 Å². The van der Waals surface area contributed by atoms with Crippen LogP contribution in [0, 0.1) is 0 Å². The Morgan fingerprint density at radius 3 is 2.00 bits per heavy atom. The lowest BCUT2D eigenvalue weighted by molar-refractivity contribution is -0.140. The molecule has 12 heteroatoms. The molecule has 0 heterocycles. The summed E-state index contributed by atoms with van der Waals surface area (Å²) < 4.78 is 29.3. The predicted molar refractivity (Wildman–Crippen MR) is 193 cm³/mol. The fourth-order valence-corrected chi connectivity index (χ4v) is 8.12. The molecular weight excluding hydrogens is 712 g/mol. The number of anilines is 1. The Morgan fingerprint density at radius 2 is 1.38 bits per heavy atom. The number of sulfonamides is 1. The van der Waals surface area contributed by atoms with Crippen LogP contribution in [0.15, 0.2) is 102 Å². The normalized spacial score (nSPS) is 14.2. The van der Waals surface area contributed by atoms with Crippen molar-refractivity contribution in [3.63, 3.8) is 0 Å². The van der Waals surface area contributed by atoms with E-state index in [1.54, 1.807) is 36.4 Å². The van der Waals surface area contributed by atoms with Crippen LogP contribution in [0.4, 0.5) is 5.69 Å². The highest BCUT2D eigenvalue weighted by molar-refractivity contribution is 7.92. The maximum Gasteiger partial charge on any atom is 0.264 e. The second kappa shape index (κ2) is 16.4. The van der Waals surface area contributed by atoms with Crippen LogP contribution in [0.5, 0.6) is 0 Å². The molecule has 1 N–H and O–H groups in total. The van der Waals surface area contributed by atoms with Gasteiger partial charge in [0.25, 0.3) is 10.0 Å². The first-order valence-corrected chi connectivity index (χ1v) is 18.6. The average Bonchev–Trinajstić information content (AvgIpc) is 3.07. The van der Waals surface area contributed by atoms with E-state index in [1.807, 2.05) is 30.3 Å². The van der Waals surface area contributed by atoms with Crippen LogP contribution in [0.2, 0.25) is 20.1 Å². The minimum Gasteiger partial charge on any atom is -0.352 e. The van der Waals surface area contributed by atoms with E-state index in [4.69, 9.17) is 46.4 Å². The molecule has 0 saturated heterocycles. The fourth-order valence-electron chi connectivity index (χ4n) is 5.86. The molecule has 0 aliphatic heterocycles. The summed E-state index contributed by atoms with van der Waals surface area (Å²) in [7, 11) is -4.30. The molecule has 2 amide bonds. The molecule has 252 valence electrons. The summed E-state index contributed by atoms with van der Waals surface area (Å²) in [6, 6.07) is 25.5. The molecular formula is C36H35Cl4N3O4S. The number of carbonyl (C=O) groups is 2. The van der Waals surface area contributed by atoms with Gasteiger partial charge in [-0.3, -0.25) is 13.9 Å². The number of carbonyl (C=O) groups excluding carboxylic acids is 2. The third kappa shape index (κ3) is 9.24. The predicted octanol–water partition coefficient (Wildman–Crippen LogP) is 8.58. The second-order valence-corrected chi connectivity index (χ2v) is 15.3. The Labute approximate surface area is 301 Å². The van der Waals surface area contributed by atoms with E-state index in [-0.39, 0.29) is 50.6 Å². The standard InChI is InChI=1S/C36H35Cl4N3O4S/c37-27-20-28(38)22-30(21-27)43(48(46,47)31-14-8-3-9-15-31)24-35(44)42(23-26-16-17-32(39)33(40)18-26)34(19-25-10-4-1-5-11-25)36(45)41-29-12-6-2-7-13-29/h1,3-5,8-11,14-18,20-22,29,34H,2,6-7,12-13,19,23-24H2,(H,41,45). The van der Waals surface area contributed by atoms with Crippen molar-refractivity contribution >= 4 is 73.9 Å². The lowest BCUT2D eigenvalue weighted by atomic mass is 9.94. The lowest BCUT2D eigenvalue weighted by Gasteiger charge is -2.35. The van der Waals surface area contributed by atoms with E-state index >= 15 is 0 Å². The molecule has 5 rings (SSSR count). The molecule has 1 aliphatic carbocycles. The molecule has 1 aliphatic rings. The Balaban J connectivity index is 1.59. The average molecular weight is 748 g/mol. The van der Waals surface area contributed by atoms with Gasteiger partial charge in [0.2, 0.25) is 11.8 Å². The monoisotopic (exact) mass is 745 g/mol. The van der Waals surface area contributed by atoms with Crippen LogP contribution < -0.4 is 9.62 Å². The van der Waals surface area contributed by atoms with E-state index in [0.717, 1.165) is 42.0 Å². The van der Waals surface area contributed by atoms with Gasteiger partial charge in [-0.15, -0.1) is 0 Å². The van der Waals surface area contributed by atoms with Crippen LogP contribution in [0.25, 0.3) is 0 Å². The van der Waals surface area contributed by atoms with Gasteiger partial charge in [0.15, 0.2) is 0 Å². The molecule has 0 aromatic heterocycles. The first-order chi connectivity index (χ1) is 23.0. The maximum absolute atomic E-state index is 14.7. The van der Waals surface area contributed by atoms with Crippen molar-refractivity contribution in [3.05, 3.63) is 128 Å². The van der Waals surface area contributed by atoms with Crippen LogP contribution in [-0.4, -0.2) is 43.8 Å². The van der Waals surface area contributed by atoms with Crippen molar-refractivity contribution in [3.8, 4) is 0 Å². The van der Waals surface area contributed by atoms with E-state index in [0.29, 0.717) is 10.6 Å². The third-order valence-corrected chi connectivity index (χ3v) is 11.3. The van der Waals surface area contributed by atoms with Gasteiger partial charge >= 0.3 is 0 Å². The number of benzene rings is 4. The van der Waals surface area contributed by atoms with Crippen LogP contribution in [0.1, 0.15) is 43.2 Å². The van der Waals surface area contributed by atoms with Gasteiger partial charge in [0.1, 0.15) is 12.6 Å². The summed E-state index contributed by atoms with van der Waals surface area (Å²) in [5, 5.41) is 4.21. The van der Waals surface area contributed by atoms with E-state index < -0.39 is 28.5 Å². The quantitative estimate of drug-likeness (QED) is 0.157. The molecule has 0 radical (unpaired) electrons. The van der Waals surface area contributed by atoms with Crippen molar-refractivity contribution in [2.45, 2.75) is 62.0 Å². The fraction of sp³-hybridized carbons (Fsp3) is 0.278. The van der Waals surface area contributed by atoms with Gasteiger partial charge in [-0.1, -0.05) is 120 Å². The maximum atomic E-state index is 14.7. The Bertz CT molecular complexity index is 1820. The first-order valence-electron chi connectivity index (χ1n) is 15.6. The van der Waals surface area contributed by atoms with Crippen LogP contribution >= 0.6 is 46.4 Å². The first kappa shape index (κ1) is 36.0. The highest BCUT2D eigenvalue weighted by Crippen LogP contribution is 2.31. The van der Waals surface area contributed by atoms with E-state index in [1.165, 1.54) is 35.2 Å². The minimum atomic E-state index is -4.30. The van der Waals surface area contributed by atoms with Crippen molar-refractivity contribution in [2.75, 3.05) is 10.8 Å². The highest BCUT2D eigenvalue weighted by atomic mass is 35.5. The number of halogens is 4. The molecule has 1 saturated carbocycles. The van der Waals surface area contributed by atoms with Gasteiger partial charge in [0, 0.05) is 29.1 Å². The zero-order valence-corrected chi connectivity index (χ0v) is 29.8. The SMILES string of the molecule is O=C(NC1CCCCC1)C(Cc1ccccc1)N(Cc1ccc(Cl)c(Cl)c1)C(=O)CN(c1cc(Cl)cc(Cl)c1)S(=O)(=O)c1ccccc1. The Morgan fingerprint density at radius 1 is 0.750 bits per heavy atom.